The molecule has 0 saturated carbocycles. The summed E-state index contributed by atoms with van der Waals surface area (Å²) in [6, 6.07) is 3.45. The number of nitrogen functional groups attached to an aromatic ring is 1. The fourth-order valence-corrected chi connectivity index (χ4v) is 2.06. The Balaban J connectivity index is 1.98. The van der Waals surface area contributed by atoms with Crippen molar-refractivity contribution in [1.82, 2.24) is 14.8 Å². The molecule has 98 valence electrons. The van der Waals surface area contributed by atoms with E-state index in [9.17, 15) is 4.79 Å². The molecule has 6 heteroatoms. The van der Waals surface area contributed by atoms with Crippen LogP contribution in [0.15, 0.2) is 18.3 Å². The second-order valence-corrected chi connectivity index (χ2v) is 4.30. The Morgan fingerprint density at radius 1 is 1.39 bits per heavy atom. The first-order valence-electron chi connectivity index (χ1n) is 6.19. The highest BCUT2D eigenvalue weighted by Gasteiger charge is 2.21. The molecule has 1 aromatic heterocycles. The highest BCUT2D eigenvalue weighted by atomic mass is 16.2. The van der Waals surface area contributed by atoms with Gasteiger partial charge in [0.2, 0.25) is 0 Å². The fraction of sp³-hybridized carbons (Fsp3) is 0.500. The molecule has 0 radical (unpaired) electrons. The van der Waals surface area contributed by atoms with E-state index >= 15 is 0 Å². The monoisotopic (exact) mass is 249 g/mol. The average molecular weight is 249 g/mol. The summed E-state index contributed by atoms with van der Waals surface area (Å²) in [6.45, 7) is 6.63. The predicted octanol–water partition coefficient (Wildman–Crippen LogP) is 0.145. The Labute approximate surface area is 107 Å². The second kappa shape index (κ2) is 5.79. The Hall–Kier alpha value is -1.66. The summed E-state index contributed by atoms with van der Waals surface area (Å²) in [4.78, 5) is 20.5. The summed E-state index contributed by atoms with van der Waals surface area (Å²) in [7, 11) is 0. The van der Waals surface area contributed by atoms with Gasteiger partial charge in [0, 0.05) is 32.4 Å². The van der Waals surface area contributed by atoms with Gasteiger partial charge in [-0.3, -0.25) is 4.79 Å². The number of nitrogens with zero attached hydrogens (tertiary/aromatic N) is 3. The van der Waals surface area contributed by atoms with Crippen molar-refractivity contribution < 1.29 is 4.79 Å². The molecule has 1 saturated heterocycles. The number of nitrogens with one attached hydrogen (secondary N) is 1. The average Bonchev–Trinajstić information content (AvgIpc) is 2.47. The Kier molecular flexibility index (Phi) is 4.11. The molecule has 1 aliphatic rings. The van der Waals surface area contributed by atoms with Crippen LogP contribution in [0.5, 0.6) is 0 Å². The lowest BCUT2D eigenvalue weighted by Gasteiger charge is -2.34. The van der Waals surface area contributed by atoms with Gasteiger partial charge in [-0.05, 0) is 18.7 Å². The van der Waals surface area contributed by atoms with Crippen molar-refractivity contribution in [3.8, 4) is 0 Å². The SMILES string of the molecule is CCN1CCN(C(=O)c2ccc(NN)nc2)CC1. The molecule has 0 atom stereocenters. The van der Waals surface area contributed by atoms with Crippen molar-refractivity contribution in [3.63, 3.8) is 0 Å². The zero-order valence-electron chi connectivity index (χ0n) is 10.6. The van der Waals surface area contributed by atoms with Crippen LogP contribution in [0.3, 0.4) is 0 Å². The van der Waals surface area contributed by atoms with Crippen molar-refractivity contribution in [2.75, 3.05) is 38.1 Å². The van der Waals surface area contributed by atoms with Crippen LogP contribution in [0.1, 0.15) is 17.3 Å². The molecule has 0 aromatic carbocycles. The van der Waals surface area contributed by atoms with Gasteiger partial charge < -0.3 is 15.2 Å². The number of piperazine rings is 1. The van der Waals surface area contributed by atoms with Crippen molar-refractivity contribution in [2.24, 2.45) is 5.84 Å². The third-order valence-electron chi connectivity index (χ3n) is 3.27. The first-order valence-corrected chi connectivity index (χ1v) is 6.19. The number of pyridine rings is 1. The number of aromatic nitrogens is 1. The first-order chi connectivity index (χ1) is 8.74. The van der Waals surface area contributed by atoms with E-state index in [1.165, 1.54) is 0 Å². The van der Waals surface area contributed by atoms with Crippen LogP contribution in [0, 0.1) is 0 Å². The van der Waals surface area contributed by atoms with Gasteiger partial charge in [-0.1, -0.05) is 6.92 Å². The van der Waals surface area contributed by atoms with Crippen molar-refractivity contribution in [1.29, 1.82) is 0 Å². The maximum absolute atomic E-state index is 12.2. The van der Waals surface area contributed by atoms with Crippen LogP contribution in [0.25, 0.3) is 0 Å². The molecule has 0 unspecified atom stereocenters. The molecule has 6 nitrogen and oxygen atoms in total. The number of nitrogens with two attached hydrogens (primary N) is 1. The molecular weight excluding hydrogens is 230 g/mol. The largest absolute Gasteiger partial charge is 0.336 e. The first kappa shape index (κ1) is 12.8. The lowest BCUT2D eigenvalue weighted by molar-refractivity contribution is 0.0643. The number of carbonyl (C=O) groups is 1. The van der Waals surface area contributed by atoms with Crippen LogP contribution < -0.4 is 11.3 Å². The van der Waals surface area contributed by atoms with Gasteiger partial charge in [0.1, 0.15) is 5.82 Å². The smallest absolute Gasteiger partial charge is 0.255 e. The Morgan fingerprint density at radius 2 is 2.11 bits per heavy atom. The number of likely N-dealkylation sites (N-methyl/N-ethyl adjacent to an activating group) is 1. The minimum atomic E-state index is 0.0434. The molecule has 1 fully saturated rings. The summed E-state index contributed by atoms with van der Waals surface area (Å²) in [6.07, 6.45) is 1.56. The lowest BCUT2D eigenvalue weighted by Crippen LogP contribution is -2.48. The zero-order valence-corrected chi connectivity index (χ0v) is 10.6. The Bertz CT molecular complexity index is 397. The van der Waals surface area contributed by atoms with E-state index in [1.807, 2.05) is 4.90 Å². The minimum absolute atomic E-state index is 0.0434. The third kappa shape index (κ3) is 2.77. The standard InChI is InChI=1S/C12H19N5O/c1-2-16-5-7-17(8-6-16)12(18)10-3-4-11(15-13)14-9-10/h3-4,9H,2,5-8,13H2,1H3,(H,14,15). The summed E-state index contributed by atoms with van der Waals surface area (Å²) in [5.41, 5.74) is 3.05. The molecule has 2 rings (SSSR count). The topological polar surface area (TPSA) is 74.5 Å². The highest BCUT2D eigenvalue weighted by Crippen LogP contribution is 2.09. The zero-order chi connectivity index (χ0) is 13.0. The number of carbonyl (C=O) groups excluding carboxylic acids is 1. The van der Waals surface area contributed by atoms with E-state index in [2.05, 4.69) is 22.2 Å². The van der Waals surface area contributed by atoms with E-state index < -0.39 is 0 Å². The van der Waals surface area contributed by atoms with E-state index in [-0.39, 0.29) is 5.91 Å². The van der Waals surface area contributed by atoms with Crippen molar-refractivity contribution in [2.45, 2.75) is 6.92 Å². The summed E-state index contributed by atoms with van der Waals surface area (Å²) in [5.74, 6) is 5.84. The van der Waals surface area contributed by atoms with Gasteiger partial charge >= 0.3 is 0 Å². The van der Waals surface area contributed by atoms with Crippen LogP contribution in [-0.4, -0.2) is 53.4 Å². The maximum Gasteiger partial charge on any atom is 0.255 e. The number of hydrogen-bond donors (Lipinski definition) is 2. The molecular formula is C12H19N5O. The minimum Gasteiger partial charge on any atom is -0.336 e. The molecule has 18 heavy (non-hydrogen) atoms. The van der Waals surface area contributed by atoms with Crippen LogP contribution in [0.4, 0.5) is 5.82 Å². The maximum atomic E-state index is 12.2. The third-order valence-corrected chi connectivity index (χ3v) is 3.27. The highest BCUT2D eigenvalue weighted by molar-refractivity contribution is 5.94. The van der Waals surface area contributed by atoms with E-state index in [0.29, 0.717) is 11.4 Å². The molecule has 0 spiro atoms. The van der Waals surface area contributed by atoms with Crippen molar-refractivity contribution in [3.05, 3.63) is 23.9 Å². The van der Waals surface area contributed by atoms with Crippen molar-refractivity contribution >= 4 is 11.7 Å². The summed E-state index contributed by atoms with van der Waals surface area (Å²) >= 11 is 0. The number of hydrazine groups is 1. The van der Waals surface area contributed by atoms with Gasteiger partial charge in [0.25, 0.3) is 5.91 Å². The molecule has 0 aliphatic carbocycles. The van der Waals surface area contributed by atoms with Gasteiger partial charge in [0.15, 0.2) is 0 Å². The van der Waals surface area contributed by atoms with E-state index in [1.54, 1.807) is 18.3 Å². The summed E-state index contributed by atoms with van der Waals surface area (Å²) in [5, 5.41) is 0. The van der Waals surface area contributed by atoms with Gasteiger partial charge in [-0.15, -0.1) is 0 Å². The molecule has 1 aromatic rings. The van der Waals surface area contributed by atoms with Gasteiger partial charge in [-0.2, -0.15) is 0 Å². The van der Waals surface area contributed by atoms with Gasteiger partial charge in [0.05, 0.1) is 5.56 Å². The predicted molar refractivity (Wildman–Crippen MR) is 70.1 cm³/mol. The quantitative estimate of drug-likeness (QED) is 0.589. The number of anilines is 1. The number of amides is 1. The second-order valence-electron chi connectivity index (χ2n) is 4.30. The Morgan fingerprint density at radius 3 is 2.61 bits per heavy atom. The van der Waals surface area contributed by atoms with E-state index in [4.69, 9.17) is 5.84 Å². The van der Waals surface area contributed by atoms with Crippen LogP contribution in [0.2, 0.25) is 0 Å². The van der Waals surface area contributed by atoms with Crippen LogP contribution in [-0.2, 0) is 0 Å². The summed E-state index contributed by atoms with van der Waals surface area (Å²) < 4.78 is 0. The molecule has 2 heterocycles. The lowest BCUT2D eigenvalue weighted by atomic mass is 10.2. The molecule has 1 aliphatic heterocycles. The van der Waals surface area contributed by atoms with E-state index in [0.717, 1.165) is 32.7 Å². The van der Waals surface area contributed by atoms with Gasteiger partial charge in [-0.25, -0.2) is 10.8 Å². The number of rotatable bonds is 3. The molecule has 0 bridgehead atoms. The number of hydrogen-bond acceptors (Lipinski definition) is 5. The fourth-order valence-electron chi connectivity index (χ4n) is 2.06. The molecule has 3 N–H and O–H groups in total. The molecule has 1 amide bonds. The normalized spacial score (nSPS) is 16.7. The van der Waals surface area contributed by atoms with Crippen LogP contribution >= 0.6 is 0 Å².